The first-order valence-electron chi connectivity index (χ1n) is 5.30. The van der Waals surface area contributed by atoms with E-state index in [9.17, 15) is 8.42 Å². The molecule has 17 heavy (non-hydrogen) atoms. The van der Waals surface area contributed by atoms with Gasteiger partial charge in [0, 0.05) is 11.6 Å². The average Bonchev–Trinajstić information content (AvgIpc) is 2.20. The lowest BCUT2D eigenvalue weighted by molar-refractivity contribution is 0.336. The fraction of sp³-hybridized carbons (Fsp3) is 0.500. The van der Waals surface area contributed by atoms with Gasteiger partial charge in [0.1, 0.15) is 12.4 Å². The van der Waals surface area contributed by atoms with Crippen molar-refractivity contribution in [2.45, 2.75) is 19.2 Å². The molecule has 0 heterocycles. The third kappa shape index (κ3) is 4.68. The van der Waals surface area contributed by atoms with E-state index in [1.807, 2.05) is 26.0 Å². The van der Waals surface area contributed by atoms with Crippen LogP contribution in [-0.4, -0.2) is 27.0 Å². The van der Waals surface area contributed by atoms with Crippen molar-refractivity contribution in [1.82, 2.24) is 0 Å². The monoisotopic (exact) mass is 320 g/mol. The Labute approximate surface area is 111 Å². The van der Waals surface area contributed by atoms with Gasteiger partial charge < -0.3 is 4.74 Å². The molecule has 0 unspecified atom stereocenters. The SMILES string of the molecule is Cc1cc(CBr)cc(C)c1OCCS(C)(=O)=O. The second-order valence-corrected chi connectivity index (χ2v) is 6.99. The molecular formula is C12H17BrO3S. The van der Waals surface area contributed by atoms with Gasteiger partial charge in [-0.15, -0.1) is 0 Å². The van der Waals surface area contributed by atoms with Crippen LogP contribution in [0.1, 0.15) is 16.7 Å². The molecule has 0 amide bonds. The Bertz CT molecular complexity index is 471. The lowest BCUT2D eigenvalue weighted by atomic mass is 10.1. The summed E-state index contributed by atoms with van der Waals surface area (Å²) in [5.41, 5.74) is 3.26. The summed E-state index contributed by atoms with van der Waals surface area (Å²) in [6, 6.07) is 4.08. The molecule has 0 saturated heterocycles. The highest BCUT2D eigenvalue weighted by atomic mass is 79.9. The lowest BCUT2D eigenvalue weighted by Crippen LogP contribution is -2.13. The molecule has 0 bridgehead atoms. The van der Waals surface area contributed by atoms with Crippen LogP contribution >= 0.6 is 15.9 Å². The zero-order chi connectivity index (χ0) is 13.1. The Morgan fingerprint density at radius 3 is 2.18 bits per heavy atom. The zero-order valence-corrected chi connectivity index (χ0v) is 12.7. The van der Waals surface area contributed by atoms with Gasteiger partial charge in [-0.3, -0.25) is 0 Å². The lowest BCUT2D eigenvalue weighted by Gasteiger charge is -2.13. The first-order valence-corrected chi connectivity index (χ1v) is 8.48. The summed E-state index contributed by atoms with van der Waals surface area (Å²) >= 11 is 3.41. The number of aryl methyl sites for hydroxylation is 2. The van der Waals surface area contributed by atoms with Crippen molar-refractivity contribution < 1.29 is 13.2 Å². The number of ether oxygens (including phenoxy) is 1. The zero-order valence-electron chi connectivity index (χ0n) is 10.3. The van der Waals surface area contributed by atoms with Gasteiger partial charge in [0.15, 0.2) is 9.84 Å². The van der Waals surface area contributed by atoms with Crippen LogP contribution in [0.25, 0.3) is 0 Å². The summed E-state index contributed by atoms with van der Waals surface area (Å²) in [6.07, 6.45) is 1.21. The summed E-state index contributed by atoms with van der Waals surface area (Å²) in [5, 5.41) is 0.804. The van der Waals surface area contributed by atoms with Gasteiger partial charge >= 0.3 is 0 Å². The van der Waals surface area contributed by atoms with E-state index in [-0.39, 0.29) is 12.4 Å². The first-order chi connectivity index (χ1) is 7.83. The van der Waals surface area contributed by atoms with Crippen molar-refractivity contribution in [1.29, 1.82) is 0 Å². The van der Waals surface area contributed by atoms with Gasteiger partial charge in [0.25, 0.3) is 0 Å². The normalized spacial score (nSPS) is 11.5. The molecule has 0 aliphatic carbocycles. The Balaban J connectivity index is 2.78. The highest BCUT2D eigenvalue weighted by Gasteiger charge is 2.08. The largest absolute Gasteiger partial charge is 0.492 e. The number of halogens is 1. The molecular weight excluding hydrogens is 304 g/mol. The van der Waals surface area contributed by atoms with Gasteiger partial charge in [0.05, 0.1) is 5.75 Å². The minimum absolute atomic E-state index is 0.0477. The summed E-state index contributed by atoms with van der Waals surface area (Å²) in [4.78, 5) is 0. The van der Waals surface area contributed by atoms with Crippen LogP contribution in [0.2, 0.25) is 0 Å². The van der Waals surface area contributed by atoms with Gasteiger partial charge in [-0.05, 0) is 30.5 Å². The summed E-state index contributed by atoms with van der Waals surface area (Å²) < 4.78 is 27.6. The fourth-order valence-electron chi connectivity index (χ4n) is 1.64. The van der Waals surface area contributed by atoms with Crippen LogP contribution in [0.4, 0.5) is 0 Å². The maximum absolute atomic E-state index is 11.0. The van der Waals surface area contributed by atoms with Crippen LogP contribution in [-0.2, 0) is 15.2 Å². The van der Waals surface area contributed by atoms with Crippen molar-refractivity contribution in [3.63, 3.8) is 0 Å². The Hall–Kier alpha value is -0.550. The van der Waals surface area contributed by atoms with E-state index in [0.29, 0.717) is 0 Å². The van der Waals surface area contributed by atoms with Crippen LogP contribution in [0.5, 0.6) is 5.75 Å². The summed E-state index contributed by atoms with van der Waals surface area (Å²) in [6.45, 7) is 4.14. The number of rotatable bonds is 5. The Morgan fingerprint density at radius 1 is 1.24 bits per heavy atom. The topological polar surface area (TPSA) is 43.4 Å². The van der Waals surface area contributed by atoms with Crippen molar-refractivity contribution in [2.75, 3.05) is 18.6 Å². The molecule has 0 atom stereocenters. The maximum Gasteiger partial charge on any atom is 0.150 e. The highest BCUT2D eigenvalue weighted by molar-refractivity contribution is 9.08. The number of hydrogen-bond acceptors (Lipinski definition) is 3. The van der Waals surface area contributed by atoms with Gasteiger partial charge in [-0.1, -0.05) is 28.1 Å². The van der Waals surface area contributed by atoms with E-state index in [0.717, 1.165) is 22.2 Å². The molecule has 96 valence electrons. The van der Waals surface area contributed by atoms with Crippen molar-refractivity contribution >= 4 is 25.8 Å². The molecule has 0 saturated carbocycles. The molecule has 0 aromatic heterocycles. The molecule has 0 aliphatic rings. The minimum Gasteiger partial charge on any atom is -0.492 e. The number of benzene rings is 1. The van der Waals surface area contributed by atoms with E-state index in [4.69, 9.17) is 4.74 Å². The Morgan fingerprint density at radius 2 is 1.76 bits per heavy atom. The molecule has 0 N–H and O–H groups in total. The maximum atomic E-state index is 11.0. The first kappa shape index (κ1) is 14.5. The second-order valence-electron chi connectivity index (χ2n) is 4.17. The molecule has 5 heteroatoms. The van der Waals surface area contributed by atoms with Gasteiger partial charge in [-0.2, -0.15) is 0 Å². The average molecular weight is 321 g/mol. The van der Waals surface area contributed by atoms with Gasteiger partial charge in [-0.25, -0.2) is 8.42 Å². The molecule has 0 fully saturated rings. The molecule has 1 aromatic carbocycles. The third-order valence-corrected chi connectivity index (χ3v) is 3.93. The summed E-state index contributed by atoms with van der Waals surface area (Å²) in [7, 11) is -2.97. The molecule has 1 rings (SSSR count). The molecule has 0 aliphatic heterocycles. The van der Waals surface area contributed by atoms with E-state index in [2.05, 4.69) is 15.9 Å². The van der Waals surface area contributed by atoms with Crippen molar-refractivity contribution in [3.05, 3.63) is 28.8 Å². The van der Waals surface area contributed by atoms with Crippen LogP contribution in [0.3, 0.4) is 0 Å². The highest BCUT2D eigenvalue weighted by Crippen LogP contribution is 2.25. The predicted molar refractivity (Wildman–Crippen MR) is 73.8 cm³/mol. The predicted octanol–water partition coefficient (Wildman–Crippen LogP) is 2.62. The number of hydrogen-bond donors (Lipinski definition) is 0. The quantitative estimate of drug-likeness (QED) is 0.783. The van der Waals surface area contributed by atoms with Crippen molar-refractivity contribution in [2.24, 2.45) is 0 Å². The van der Waals surface area contributed by atoms with Gasteiger partial charge in [0.2, 0.25) is 0 Å². The van der Waals surface area contributed by atoms with E-state index < -0.39 is 9.84 Å². The van der Waals surface area contributed by atoms with E-state index in [1.165, 1.54) is 11.8 Å². The second kappa shape index (κ2) is 5.87. The summed E-state index contributed by atoms with van der Waals surface area (Å²) in [5.74, 6) is 0.838. The standard InChI is InChI=1S/C12H17BrO3S/c1-9-6-11(8-13)7-10(2)12(9)16-4-5-17(3,14)15/h6-7H,4-5,8H2,1-3H3. The Kier molecular flexibility index (Phi) is 5.01. The number of sulfone groups is 1. The molecule has 0 spiro atoms. The van der Waals surface area contributed by atoms with Crippen molar-refractivity contribution in [3.8, 4) is 5.75 Å². The van der Waals surface area contributed by atoms with Crippen LogP contribution in [0.15, 0.2) is 12.1 Å². The van der Waals surface area contributed by atoms with Crippen LogP contribution in [0, 0.1) is 13.8 Å². The third-order valence-electron chi connectivity index (χ3n) is 2.37. The van der Waals surface area contributed by atoms with E-state index >= 15 is 0 Å². The smallest absolute Gasteiger partial charge is 0.150 e. The minimum atomic E-state index is -2.97. The molecule has 0 radical (unpaired) electrons. The number of alkyl halides is 1. The van der Waals surface area contributed by atoms with E-state index in [1.54, 1.807) is 0 Å². The fourth-order valence-corrected chi connectivity index (χ4v) is 2.35. The molecule has 1 aromatic rings. The molecule has 3 nitrogen and oxygen atoms in total. The van der Waals surface area contributed by atoms with Crippen LogP contribution < -0.4 is 4.74 Å².